The first-order valence-corrected chi connectivity index (χ1v) is 11.8. The molecule has 1 unspecified atom stereocenters. The summed E-state index contributed by atoms with van der Waals surface area (Å²) in [7, 11) is 0.747. The highest BCUT2D eigenvalue weighted by Gasteiger charge is 2.36. The summed E-state index contributed by atoms with van der Waals surface area (Å²) < 4.78 is 28.0. The second-order valence-corrected chi connectivity index (χ2v) is 10.3. The first-order valence-electron chi connectivity index (χ1n) is 10.3. The highest BCUT2D eigenvalue weighted by molar-refractivity contribution is 7.89. The average Bonchev–Trinajstić information content (AvgIpc) is 3.13. The van der Waals surface area contributed by atoms with Gasteiger partial charge in [0.25, 0.3) is 0 Å². The first kappa shape index (κ1) is 19.1. The summed E-state index contributed by atoms with van der Waals surface area (Å²) in [5.41, 5.74) is 1.97. The molecule has 0 spiro atoms. The van der Waals surface area contributed by atoms with Crippen molar-refractivity contribution in [2.75, 3.05) is 32.5 Å². The maximum atomic E-state index is 13.2. The molecule has 8 heteroatoms. The molecule has 1 aromatic rings. The predicted molar refractivity (Wildman–Crippen MR) is 106 cm³/mol. The molecule has 0 aromatic carbocycles. The summed E-state index contributed by atoms with van der Waals surface area (Å²) in [6, 6.07) is 0.229. The molecule has 3 aliphatic rings. The summed E-state index contributed by atoms with van der Waals surface area (Å²) in [4.78, 5) is 11.9. The van der Waals surface area contributed by atoms with E-state index in [2.05, 4.69) is 17.3 Å². The fourth-order valence-electron chi connectivity index (χ4n) is 4.81. The second-order valence-electron chi connectivity index (χ2n) is 8.13. The van der Waals surface area contributed by atoms with Crippen molar-refractivity contribution in [3.05, 3.63) is 17.1 Å². The lowest BCUT2D eigenvalue weighted by Gasteiger charge is -2.33. The number of sulfonamides is 1. The lowest BCUT2D eigenvalue weighted by molar-refractivity contribution is 0.302. The number of hydrogen-bond donors (Lipinski definition) is 1. The molecule has 150 valence electrons. The number of nitrogens with zero attached hydrogens (tertiary/aromatic N) is 4. The third-order valence-corrected chi connectivity index (χ3v) is 8.78. The Morgan fingerprint density at radius 3 is 2.48 bits per heavy atom. The minimum atomic E-state index is -3.25. The van der Waals surface area contributed by atoms with Gasteiger partial charge in [-0.25, -0.2) is 18.4 Å². The molecule has 7 nitrogen and oxygen atoms in total. The van der Waals surface area contributed by atoms with Crippen LogP contribution in [0.15, 0.2) is 0 Å². The minimum Gasteiger partial charge on any atom is -0.373 e. The molecule has 1 saturated carbocycles. The van der Waals surface area contributed by atoms with Crippen LogP contribution in [0.25, 0.3) is 0 Å². The molecule has 1 saturated heterocycles. The zero-order chi connectivity index (χ0) is 19.0. The van der Waals surface area contributed by atoms with Gasteiger partial charge in [0, 0.05) is 19.2 Å². The highest BCUT2D eigenvalue weighted by Crippen LogP contribution is 2.34. The number of anilines is 1. The molecule has 1 aliphatic carbocycles. The summed E-state index contributed by atoms with van der Waals surface area (Å²) in [5, 5.41) is 3.00. The van der Waals surface area contributed by atoms with Crippen LogP contribution in [-0.2, 0) is 23.0 Å². The zero-order valence-electron chi connectivity index (χ0n) is 16.4. The van der Waals surface area contributed by atoms with Gasteiger partial charge in [-0.3, -0.25) is 4.90 Å². The van der Waals surface area contributed by atoms with Crippen molar-refractivity contribution in [2.45, 2.75) is 69.2 Å². The van der Waals surface area contributed by atoms with Crippen molar-refractivity contribution >= 4 is 15.8 Å². The van der Waals surface area contributed by atoms with Gasteiger partial charge in [-0.05, 0) is 45.7 Å². The van der Waals surface area contributed by atoms with Crippen molar-refractivity contribution in [1.82, 2.24) is 19.2 Å². The fraction of sp³-hybridized carbons (Fsp3) is 0.789. The number of nitrogens with one attached hydrogen (secondary N) is 1. The molecular weight excluding hydrogens is 362 g/mol. The van der Waals surface area contributed by atoms with Crippen LogP contribution in [0.3, 0.4) is 0 Å². The van der Waals surface area contributed by atoms with Crippen LogP contribution in [0.4, 0.5) is 5.82 Å². The van der Waals surface area contributed by atoms with Crippen LogP contribution in [0.5, 0.6) is 0 Å². The number of rotatable bonds is 4. The Bertz CT molecular complexity index is 792. The SMILES string of the molecule is CNc1nc(C2CCCN2C)nc2c1CCN(S(=O)(=O)C1CCCCC1)C2. The van der Waals surface area contributed by atoms with Crippen LogP contribution < -0.4 is 5.32 Å². The van der Waals surface area contributed by atoms with Crippen molar-refractivity contribution in [2.24, 2.45) is 0 Å². The largest absolute Gasteiger partial charge is 0.373 e. The molecule has 0 amide bonds. The number of aromatic nitrogens is 2. The van der Waals surface area contributed by atoms with Gasteiger partial charge in [-0.2, -0.15) is 4.31 Å². The van der Waals surface area contributed by atoms with Gasteiger partial charge in [-0.1, -0.05) is 19.3 Å². The summed E-state index contributed by atoms with van der Waals surface area (Å²) in [6.45, 7) is 1.98. The third-order valence-electron chi connectivity index (χ3n) is 6.44. The maximum absolute atomic E-state index is 13.2. The molecule has 0 radical (unpaired) electrons. The predicted octanol–water partition coefficient (Wildman–Crippen LogP) is 2.31. The van der Waals surface area contributed by atoms with E-state index in [9.17, 15) is 8.42 Å². The van der Waals surface area contributed by atoms with E-state index >= 15 is 0 Å². The van der Waals surface area contributed by atoms with Crippen LogP contribution in [0, 0.1) is 0 Å². The van der Waals surface area contributed by atoms with E-state index in [0.29, 0.717) is 19.5 Å². The first-order chi connectivity index (χ1) is 13.0. The van der Waals surface area contributed by atoms with Gasteiger partial charge in [-0.15, -0.1) is 0 Å². The molecule has 2 fully saturated rings. The lowest BCUT2D eigenvalue weighted by Crippen LogP contribution is -2.43. The van der Waals surface area contributed by atoms with E-state index in [1.807, 2.05) is 7.05 Å². The van der Waals surface area contributed by atoms with E-state index in [1.165, 1.54) is 0 Å². The van der Waals surface area contributed by atoms with Crippen LogP contribution in [0.1, 0.15) is 68.1 Å². The molecule has 2 aliphatic heterocycles. The summed E-state index contributed by atoms with van der Waals surface area (Å²) in [5.74, 6) is 1.69. The van der Waals surface area contributed by atoms with Gasteiger partial charge in [0.2, 0.25) is 10.0 Å². The molecule has 3 heterocycles. The van der Waals surface area contributed by atoms with Gasteiger partial charge in [0.1, 0.15) is 11.6 Å². The van der Waals surface area contributed by atoms with Gasteiger partial charge >= 0.3 is 0 Å². The second kappa shape index (κ2) is 7.64. The van der Waals surface area contributed by atoms with Crippen molar-refractivity contribution < 1.29 is 8.42 Å². The van der Waals surface area contributed by atoms with E-state index in [-0.39, 0.29) is 11.3 Å². The van der Waals surface area contributed by atoms with E-state index in [1.54, 1.807) is 4.31 Å². The summed E-state index contributed by atoms with van der Waals surface area (Å²) >= 11 is 0. The standard InChI is InChI=1S/C19H31N5O2S/c1-20-18-15-10-12-24(27(25,26)14-7-4-3-5-8-14)13-16(15)21-19(22-18)17-9-6-11-23(17)2/h14,17H,3-13H2,1-2H3,(H,20,21,22). The monoisotopic (exact) mass is 393 g/mol. The Hall–Kier alpha value is -1.25. The van der Waals surface area contributed by atoms with Gasteiger partial charge in [0.15, 0.2) is 0 Å². The molecule has 0 bridgehead atoms. The van der Waals surface area contributed by atoms with Crippen molar-refractivity contribution in [3.8, 4) is 0 Å². The van der Waals surface area contributed by atoms with E-state index in [4.69, 9.17) is 9.97 Å². The molecule has 1 aromatic heterocycles. The van der Waals surface area contributed by atoms with E-state index in [0.717, 1.165) is 74.4 Å². The normalized spacial score (nSPS) is 25.5. The Balaban J connectivity index is 1.62. The highest BCUT2D eigenvalue weighted by atomic mass is 32.2. The zero-order valence-corrected chi connectivity index (χ0v) is 17.3. The Morgan fingerprint density at radius 2 is 1.81 bits per heavy atom. The van der Waals surface area contributed by atoms with Crippen molar-refractivity contribution in [1.29, 1.82) is 0 Å². The van der Waals surface area contributed by atoms with Gasteiger partial charge in [0.05, 0.1) is 23.5 Å². The number of likely N-dealkylation sites (tertiary alicyclic amines) is 1. The molecule has 1 atom stereocenters. The smallest absolute Gasteiger partial charge is 0.217 e. The lowest BCUT2D eigenvalue weighted by atomic mass is 10.0. The maximum Gasteiger partial charge on any atom is 0.217 e. The fourth-order valence-corrected chi connectivity index (χ4v) is 6.81. The Kier molecular flexibility index (Phi) is 5.40. The van der Waals surface area contributed by atoms with E-state index < -0.39 is 10.0 Å². The molecule has 27 heavy (non-hydrogen) atoms. The molecular formula is C19H31N5O2S. The third kappa shape index (κ3) is 3.59. The van der Waals surface area contributed by atoms with Crippen LogP contribution in [-0.4, -0.2) is 60.0 Å². The average molecular weight is 394 g/mol. The van der Waals surface area contributed by atoms with Crippen molar-refractivity contribution in [3.63, 3.8) is 0 Å². The van der Waals surface area contributed by atoms with Crippen LogP contribution in [0.2, 0.25) is 0 Å². The number of fused-ring (bicyclic) bond motifs is 1. The van der Waals surface area contributed by atoms with Gasteiger partial charge < -0.3 is 5.32 Å². The Morgan fingerprint density at radius 1 is 1.04 bits per heavy atom. The summed E-state index contributed by atoms with van der Waals surface area (Å²) in [6.07, 6.45) is 7.70. The van der Waals surface area contributed by atoms with Crippen LogP contribution >= 0.6 is 0 Å². The molecule has 4 rings (SSSR count). The number of hydrogen-bond acceptors (Lipinski definition) is 6. The topological polar surface area (TPSA) is 78.4 Å². The molecule has 1 N–H and O–H groups in total. The Labute approximate surface area is 162 Å². The minimum absolute atomic E-state index is 0.209. The quantitative estimate of drug-likeness (QED) is 0.846.